The summed E-state index contributed by atoms with van der Waals surface area (Å²) in [6, 6.07) is 10.6. The molecule has 2 aliphatic heterocycles. The second kappa shape index (κ2) is 8.78. The predicted molar refractivity (Wildman–Crippen MR) is 130 cm³/mol. The average molecular weight is 447 g/mol. The molecule has 3 aromatic rings. The summed E-state index contributed by atoms with van der Waals surface area (Å²) in [7, 11) is 1.76. The minimum atomic E-state index is 0.0474. The molecular weight excluding hydrogens is 412 g/mol. The lowest BCUT2D eigenvalue weighted by Gasteiger charge is -2.47. The maximum Gasteiger partial charge on any atom is 0.225 e. The zero-order valence-corrected chi connectivity index (χ0v) is 20.2. The van der Waals surface area contributed by atoms with Gasteiger partial charge in [-0.25, -0.2) is 15.0 Å². The van der Waals surface area contributed by atoms with Gasteiger partial charge in [-0.15, -0.1) is 0 Å². The van der Waals surface area contributed by atoms with Gasteiger partial charge in [0.15, 0.2) is 0 Å². The molecule has 174 valence electrons. The van der Waals surface area contributed by atoms with E-state index in [1.807, 2.05) is 24.5 Å². The van der Waals surface area contributed by atoms with Crippen molar-refractivity contribution in [2.24, 2.45) is 0 Å². The van der Waals surface area contributed by atoms with Crippen LogP contribution in [0.2, 0.25) is 0 Å². The van der Waals surface area contributed by atoms with Crippen LogP contribution in [0.25, 0.3) is 0 Å². The Hall–Kier alpha value is -2.93. The van der Waals surface area contributed by atoms with Gasteiger partial charge in [-0.2, -0.15) is 0 Å². The van der Waals surface area contributed by atoms with Crippen LogP contribution in [0.1, 0.15) is 55.5 Å². The van der Waals surface area contributed by atoms with Crippen LogP contribution < -0.4 is 9.64 Å². The van der Waals surface area contributed by atoms with Crippen LogP contribution >= 0.6 is 0 Å². The van der Waals surface area contributed by atoms with Crippen molar-refractivity contribution in [1.29, 1.82) is 0 Å². The Morgan fingerprint density at radius 3 is 2.48 bits per heavy atom. The first-order chi connectivity index (χ1) is 16.0. The van der Waals surface area contributed by atoms with Crippen molar-refractivity contribution >= 4 is 5.95 Å². The van der Waals surface area contributed by atoms with E-state index in [1.54, 1.807) is 7.11 Å². The molecule has 0 unspecified atom stereocenters. The normalized spacial score (nSPS) is 18.0. The number of anilines is 1. The van der Waals surface area contributed by atoms with Crippen molar-refractivity contribution in [2.75, 3.05) is 31.6 Å². The summed E-state index contributed by atoms with van der Waals surface area (Å²) in [5.74, 6) is 2.92. The number of benzene rings is 1. The summed E-state index contributed by atoms with van der Waals surface area (Å²) >= 11 is 0. The Morgan fingerprint density at radius 1 is 1.06 bits per heavy atom. The van der Waals surface area contributed by atoms with Crippen LogP contribution in [0, 0.1) is 6.92 Å². The molecule has 4 heterocycles. The summed E-state index contributed by atoms with van der Waals surface area (Å²) in [6.45, 7) is 11.4. The van der Waals surface area contributed by atoms with E-state index in [2.05, 4.69) is 63.3 Å². The standard InChI is InChI=1S/C26H34N6O/c1-19(2)32-20(3)29-24-22(32)17-30(16-21-8-5-6-9-23(21)33-4)18-26(24)10-14-31(15-11-26)25-27-12-7-13-28-25/h5-9,12-13,19H,10-11,14-18H2,1-4H3. The van der Waals surface area contributed by atoms with E-state index < -0.39 is 0 Å². The van der Waals surface area contributed by atoms with Crippen molar-refractivity contribution in [2.45, 2.75) is 58.2 Å². The van der Waals surface area contributed by atoms with E-state index in [-0.39, 0.29) is 5.41 Å². The molecule has 1 saturated heterocycles. The lowest BCUT2D eigenvalue weighted by molar-refractivity contribution is 0.137. The molecule has 1 aromatic carbocycles. The minimum absolute atomic E-state index is 0.0474. The predicted octanol–water partition coefficient (Wildman–Crippen LogP) is 4.13. The SMILES string of the molecule is COc1ccccc1CN1Cc2c(nc(C)n2C(C)C)C2(CCN(c3ncccn3)CC2)C1. The molecule has 7 nitrogen and oxygen atoms in total. The molecule has 0 amide bonds. The zero-order chi connectivity index (χ0) is 23.0. The smallest absolute Gasteiger partial charge is 0.225 e. The third kappa shape index (κ3) is 3.99. The van der Waals surface area contributed by atoms with Crippen LogP contribution in [0.5, 0.6) is 5.75 Å². The van der Waals surface area contributed by atoms with Crippen molar-refractivity contribution in [3.8, 4) is 5.75 Å². The number of fused-ring (bicyclic) bond motifs is 2. The van der Waals surface area contributed by atoms with Gasteiger partial charge in [-0.3, -0.25) is 4.90 Å². The van der Waals surface area contributed by atoms with E-state index in [0.29, 0.717) is 6.04 Å². The molecule has 0 bridgehead atoms. The van der Waals surface area contributed by atoms with Gasteiger partial charge in [-0.05, 0) is 45.7 Å². The molecule has 5 rings (SSSR count). The van der Waals surface area contributed by atoms with E-state index in [9.17, 15) is 0 Å². The van der Waals surface area contributed by atoms with Gasteiger partial charge in [-0.1, -0.05) is 18.2 Å². The number of ether oxygens (including phenoxy) is 1. The van der Waals surface area contributed by atoms with Crippen LogP contribution in [0.15, 0.2) is 42.7 Å². The van der Waals surface area contributed by atoms with Crippen LogP contribution in [-0.4, -0.2) is 51.2 Å². The Kier molecular flexibility index (Phi) is 5.83. The first-order valence-electron chi connectivity index (χ1n) is 11.9. The maximum atomic E-state index is 5.66. The highest BCUT2D eigenvalue weighted by Crippen LogP contribution is 2.43. The Morgan fingerprint density at radius 2 is 1.79 bits per heavy atom. The third-order valence-electron chi connectivity index (χ3n) is 7.25. The van der Waals surface area contributed by atoms with Crippen molar-refractivity contribution < 1.29 is 4.74 Å². The average Bonchev–Trinajstić information content (AvgIpc) is 3.17. The molecule has 7 heteroatoms. The van der Waals surface area contributed by atoms with Gasteiger partial charge in [0.05, 0.1) is 18.5 Å². The number of piperidine rings is 1. The number of aryl methyl sites for hydroxylation is 1. The molecular formula is C26H34N6O. The second-order valence-corrected chi connectivity index (χ2v) is 9.69. The number of methoxy groups -OCH3 is 1. The first kappa shape index (κ1) is 21.9. The molecule has 1 spiro atoms. The van der Waals surface area contributed by atoms with Crippen LogP contribution in [0.4, 0.5) is 5.95 Å². The van der Waals surface area contributed by atoms with Gasteiger partial charge < -0.3 is 14.2 Å². The van der Waals surface area contributed by atoms with Crippen LogP contribution in [-0.2, 0) is 18.5 Å². The van der Waals surface area contributed by atoms with Gasteiger partial charge >= 0.3 is 0 Å². The van der Waals surface area contributed by atoms with Crippen molar-refractivity contribution in [3.63, 3.8) is 0 Å². The highest BCUT2D eigenvalue weighted by Gasteiger charge is 2.45. The second-order valence-electron chi connectivity index (χ2n) is 9.69. The summed E-state index contributed by atoms with van der Waals surface area (Å²) in [6.07, 6.45) is 5.76. The molecule has 33 heavy (non-hydrogen) atoms. The quantitative estimate of drug-likeness (QED) is 0.588. The number of imidazole rings is 1. The largest absolute Gasteiger partial charge is 0.496 e. The summed E-state index contributed by atoms with van der Waals surface area (Å²) in [4.78, 5) is 19.1. The van der Waals surface area contributed by atoms with Crippen molar-refractivity contribution in [3.05, 3.63) is 65.5 Å². The molecule has 0 N–H and O–H groups in total. The third-order valence-corrected chi connectivity index (χ3v) is 7.25. The fourth-order valence-electron chi connectivity index (χ4n) is 5.79. The Labute approximate surface area is 196 Å². The fraction of sp³-hybridized carbons (Fsp3) is 0.500. The highest BCUT2D eigenvalue weighted by atomic mass is 16.5. The minimum Gasteiger partial charge on any atom is -0.496 e. The Balaban J connectivity index is 1.48. The monoisotopic (exact) mass is 446 g/mol. The topological polar surface area (TPSA) is 59.3 Å². The highest BCUT2D eigenvalue weighted by molar-refractivity contribution is 5.37. The molecule has 2 aromatic heterocycles. The molecule has 0 radical (unpaired) electrons. The molecule has 0 saturated carbocycles. The van der Waals surface area contributed by atoms with E-state index >= 15 is 0 Å². The van der Waals surface area contributed by atoms with Gasteiger partial charge in [0.1, 0.15) is 11.6 Å². The number of hydrogen-bond donors (Lipinski definition) is 0. The fourth-order valence-corrected chi connectivity index (χ4v) is 5.79. The van der Waals surface area contributed by atoms with E-state index in [1.165, 1.54) is 17.0 Å². The zero-order valence-electron chi connectivity index (χ0n) is 20.2. The number of para-hydroxylation sites is 1. The number of nitrogens with zero attached hydrogens (tertiary/aromatic N) is 6. The van der Waals surface area contributed by atoms with Gasteiger partial charge in [0, 0.05) is 62.1 Å². The van der Waals surface area contributed by atoms with Crippen molar-refractivity contribution in [1.82, 2.24) is 24.4 Å². The summed E-state index contributed by atoms with van der Waals surface area (Å²) < 4.78 is 8.10. The number of hydrogen-bond acceptors (Lipinski definition) is 6. The summed E-state index contributed by atoms with van der Waals surface area (Å²) in [5.41, 5.74) is 3.99. The van der Waals surface area contributed by atoms with E-state index in [4.69, 9.17) is 9.72 Å². The Bertz CT molecular complexity index is 1100. The lowest BCUT2D eigenvalue weighted by Crippen LogP contribution is -2.52. The van der Waals surface area contributed by atoms with Gasteiger partial charge in [0.2, 0.25) is 5.95 Å². The first-order valence-corrected chi connectivity index (χ1v) is 11.9. The molecule has 1 fully saturated rings. The lowest BCUT2D eigenvalue weighted by atomic mass is 9.72. The molecule has 2 aliphatic rings. The van der Waals surface area contributed by atoms with E-state index in [0.717, 1.165) is 63.1 Å². The van der Waals surface area contributed by atoms with Crippen LogP contribution in [0.3, 0.4) is 0 Å². The molecule has 0 aliphatic carbocycles. The van der Waals surface area contributed by atoms with Gasteiger partial charge in [0.25, 0.3) is 0 Å². The molecule has 0 atom stereocenters. The number of rotatable bonds is 5. The number of aromatic nitrogens is 4. The summed E-state index contributed by atoms with van der Waals surface area (Å²) in [5, 5.41) is 0. The maximum absolute atomic E-state index is 5.66.